The van der Waals surface area contributed by atoms with E-state index in [-0.39, 0.29) is 0 Å². The molecule has 1 heterocycles. The van der Waals surface area contributed by atoms with Crippen molar-refractivity contribution in [2.24, 2.45) is 0 Å². The predicted molar refractivity (Wildman–Crippen MR) is 79.2 cm³/mol. The number of imidazole rings is 1. The Hall–Kier alpha value is -2.09. The van der Waals surface area contributed by atoms with Crippen LogP contribution in [0.5, 0.6) is 0 Å². The van der Waals surface area contributed by atoms with Crippen molar-refractivity contribution in [1.82, 2.24) is 9.55 Å². The summed E-state index contributed by atoms with van der Waals surface area (Å²) in [6.07, 6.45) is 6.87. The Morgan fingerprint density at radius 1 is 1.11 bits per heavy atom. The molecule has 19 heavy (non-hydrogen) atoms. The van der Waals surface area contributed by atoms with Crippen LogP contribution in [0.3, 0.4) is 0 Å². The molecule has 0 N–H and O–H groups in total. The second-order valence-corrected chi connectivity index (χ2v) is 5.10. The largest absolute Gasteiger partial charge is 0.337 e. The van der Waals surface area contributed by atoms with Gasteiger partial charge in [0.25, 0.3) is 0 Å². The van der Waals surface area contributed by atoms with Gasteiger partial charge in [0.15, 0.2) is 0 Å². The lowest BCUT2D eigenvalue weighted by molar-refractivity contribution is 0.576. The van der Waals surface area contributed by atoms with Crippen molar-refractivity contribution in [2.45, 2.75) is 25.8 Å². The molecule has 2 aromatic carbocycles. The first-order valence-corrected chi connectivity index (χ1v) is 6.77. The van der Waals surface area contributed by atoms with E-state index in [1.54, 1.807) is 0 Å². The molecule has 2 heteroatoms. The molecule has 1 unspecified atom stereocenters. The van der Waals surface area contributed by atoms with Crippen LogP contribution >= 0.6 is 0 Å². The van der Waals surface area contributed by atoms with Crippen molar-refractivity contribution in [3.05, 3.63) is 66.7 Å². The highest BCUT2D eigenvalue weighted by Crippen LogP contribution is 2.24. The van der Waals surface area contributed by atoms with Crippen LogP contribution < -0.4 is 0 Å². The highest BCUT2D eigenvalue weighted by Gasteiger charge is 2.06. The Balaban J connectivity index is 1.75. The Kier molecular flexibility index (Phi) is 3.32. The molecule has 0 saturated heterocycles. The lowest BCUT2D eigenvalue weighted by atomic mass is 9.95. The maximum Gasteiger partial charge on any atom is 0.0945 e. The number of hydrogen-bond donors (Lipinski definition) is 0. The molecule has 0 amide bonds. The van der Waals surface area contributed by atoms with E-state index >= 15 is 0 Å². The minimum atomic E-state index is 0.562. The number of aromatic nitrogens is 2. The molecule has 1 atom stereocenters. The van der Waals surface area contributed by atoms with Crippen LogP contribution in [-0.2, 0) is 6.54 Å². The van der Waals surface area contributed by atoms with Crippen LogP contribution in [0.25, 0.3) is 10.8 Å². The van der Waals surface area contributed by atoms with Gasteiger partial charge in [-0.05, 0) is 28.7 Å². The summed E-state index contributed by atoms with van der Waals surface area (Å²) in [5.41, 5.74) is 1.42. The zero-order valence-corrected chi connectivity index (χ0v) is 11.2. The summed E-state index contributed by atoms with van der Waals surface area (Å²) in [5.74, 6) is 0.562. The molecule has 0 radical (unpaired) electrons. The predicted octanol–water partition coefficient (Wildman–Crippen LogP) is 4.23. The second kappa shape index (κ2) is 5.27. The number of hydrogen-bond acceptors (Lipinski definition) is 1. The van der Waals surface area contributed by atoms with E-state index < -0.39 is 0 Å². The molecule has 96 valence electrons. The monoisotopic (exact) mass is 250 g/mol. The summed E-state index contributed by atoms with van der Waals surface area (Å²) in [6, 6.07) is 15.3. The van der Waals surface area contributed by atoms with Gasteiger partial charge in [0.1, 0.15) is 0 Å². The number of fused-ring (bicyclic) bond motifs is 1. The van der Waals surface area contributed by atoms with Gasteiger partial charge in [-0.3, -0.25) is 0 Å². The zero-order chi connectivity index (χ0) is 13.1. The van der Waals surface area contributed by atoms with Crippen LogP contribution in [0, 0.1) is 0 Å². The van der Waals surface area contributed by atoms with Crippen LogP contribution in [0.2, 0.25) is 0 Å². The second-order valence-electron chi connectivity index (χ2n) is 5.10. The summed E-state index contributed by atoms with van der Waals surface area (Å²) in [4.78, 5) is 4.08. The Labute approximate surface area is 113 Å². The lowest BCUT2D eigenvalue weighted by Crippen LogP contribution is -2.01. The highest BCUT2D eigenvalue weighted by atomic mass is 15.0. The molecule has 0 saturated carbocycles. The first-order valence-electron chi connectivity index (χ1n) is 6.77. The average Bonchev–Trinajstić information content (AvgIpc) is 2.97. The molecular formula is C17H18N2. The molecule has 2 nitrogen and oxygen atoms in total. The fourth-order valence-electron chi connectivity index (χ4n) is 2.44. The Morgan fingerprint density at radius 2 is 1.95 bits per heavy atom. The van der Waals surface area contributed by atoms with Gasteiger partial charge in [0.2, 0.25) is 0 Å². The third-order valence-corrected chi connectivity index (χ3v) is 3.72. The molecule has 3 aromatic rings. The van der Waals surface area contributed by atoms with Crippen LogP contribution in [0.1, 0.15) is 24.8 Å². The van der Waals surface area contributed by atoms with E-state index in [4.69, 9.17) is 0 Å². The topological polar surface area (TPSA) is 17.8 Å². The minimum Gasteiger partial charge on any atom is -0.337 e. The van der Waals surface area contributed by atoms with Crippen LogP contribution in [-0.4, -0.2) is 9.55 Å². The van der Waals surface area contributed by atoms with Gasteiger partial charge in [-0.15, -0.1) is 0 Å². The molecule has 0 aliphatic heterocycles. The Morgan fingerprint density at radius 3 is 2.74 bits per heavy atom. The van der Waals surface area contributed by atoms with Crippen molar-refractivity contribution >= 4 is 10.8 Å². The minimum absolute atomic E-state index is 0.562. The van der Waals surface area contributed by atoms with Crippen molar-refractivity contribution in [3.63, 3.8) is 0 Å². The summed E-state index contributed by atoms with van der Waals surface area (Å²) in [6.45, 7) is 3.31. The summed E-state index contributed by atoms with van der Waals surface area (Å²) in [5, 5.41) is 2.64. The molecule has 1 aromatic heterocycles. The van der Waals surface area contributed by atoms with Gasteiger partial charge in [-0.1, -0.05) is 49.4 Å². The number of benzene rings is 2. The normalized spacial score (nSPS) is 12.7. The molecule has 0 bridgehead atoms. The quantitative estimate of drug-likeness (QED) is 0.677. The fourth-order valence-corrected chi connectivity index (χ4v) is 2.44. The first kappa shape index (κ1) is 12.0. The lowest BCUT2D eigenvalue weighted by Gasteiger charge is -2.13. The number of rotatable bonds is 4. The fraction of sp³-hybridized carbons (Fsp3) is 0.235. The standard InChI is InChI=1S/C17H18N2/c1-14(8-10-19-11-9-18-13-19)16-7-6-15-4-2-3-5-17(15)12-16/h2-7,9,11-14H,8,10H2,1H3. The van der Waals surface area contributed by atoms with E-state index in [1.807, 2.05) is 18.7 Å². The van der Waals surface area contributed by atoms with E-state index in [1.165, 1.54) is 16.3 Å². The molecular weight excluding hydrogens is 232 g/mol. The highest BCUT2D eigenvalue weighted by molar-refractivity contribution is 5.83. The summed E-state index contributed by atoms with van der Waals surface area (Å²) < 4.78 is 2.14. The van der Waals surface area contributed by atoms with E-state index in [2.05, 4.69) is 58.9 Å². The summed E-state index contributed by atoms with van der Waals surface area (Å²) in [7, 11) is 0. The third-order valence-electron chi connectivity index (χ3n) is 3.72. The molecule has 0 fully saturated rings. The van der Waals surface area contributed by atoms with Crippen molar-refractivity contribution in [3.8, 4) is 0 Å². The number of nitrogens with zero attached hydrogens (tertiary/aromatic N) is 2. The third kappa shape index (κ3) is 2.68. The molecule has 0 spiro atoms. The van der Waals surface area contributed by atoms with Gasteiger partial charge < -0.3 is 4.57 Å². The first-order chi connectivity index (χ1) is 9.33. The van der Waals surface area contributed by atoms with Crippen molar-refractivity contribution in [1.29, 1.82) is 0 Å². The molecule has 0 aliphatic rings. The SMILES string of the molecule is CC(CCn1ccnc1)c1ccc2ccccc2c1. The molecule has 3 rings (SSSR count). The van der Waals surface area contributed by atoms with E-state index in [9.17, 15) is 0 Å². The number of aryl methyl sites for hydroxylation is 1. The molecule has 0 aliphatic carbocycles. The maximum atomic E-state index is 4.08. The van der Waals surface area contributed by atoms with E-state index in [0.717, 1.165) is 13.0 Å². The van der Waals surface area contributed by atoms with Gasteiger partial charge in [0.05, 0.1) is 6.33 Å². The maximum absolute atomic E-state index is 4.08. The van der Waals surface area contributed by atoms with Crippen LogP contribution in [0.4, 0.5) is 0 Å². The Bertz CT molecular complexity index is 656. The summed E-state index contributed by atoms with van der Waals surface area (Å²) >= 11 is 0. The van der Waals surface area contributed by atoms with Crippen molar-refractivity contribution < 1.29 is 0 Å². The van der Waals surface area contributed by atoms with Gasteiger partial charge in [0, 0.05) is 18.9 Å². The van der Waals surface area contributed by atoms with Crippen molar-refractivity contribution in [2.75, 3.05) is 0 Å². The van der Waals surface area contributed by atoms with Crippen LogP contribution in [0.15, 0.2) is 61.2 Å². The van der Waals surface area contributed by atoms with Gasteiger partial charge in [-0.25, -0.2) is 4.98 Å². The smallest absolute Gasteiger partial charge is 0.0945 e. The van der Waals surface area contributed by atoms with E-state index in [0.29, 0.717) is 5.92 Å². The zero-order valence-electron chi connectivity index (χ0n) is 11.2. The average molecular weight is 250 g/mol. The van der Waals surface area contributed by atoms with Gasteiger partial charge >= 0.3 is 0 Å². The van der Waals surface area contributed by atoms with Gasteiger partial charge in [-0.2, -0.15) is 0 Å².